The van der Waals surface area contributed by atoms with Gasteiger partial charge in [-0.2, -0.15) is 0 Å². The number of carbonyl (C=O) groups is 1. The Balaban J connectivity index is 1.87. The lowest BCUT2D eigenvalue weighted by molar-refractivity contribution is 0.0235. The van der Waals surface area contributed by atoms with Crippen molar-refractivity contribution in [1.82, 2.24) is 5.32 Å². The van der Waals surface area contributed by atoms with Crippen LogP contribution in [0.15, 0.2) is 17.5 Å². The van der Waals surface area contributed by atoms with Gasteiger partial charge in [-0.25, -0.2) is 4.79 Å². The molecule has 1 aromatic rings. The second kappa shape index (κ2) is 4.57. The van der Waals surface area contributed by atoms with E-state index in [-0.39, 0.29) is 12.1 Å². The predicted octanol–water partition coefficient (Wildman–Crippen LogP) is 1.66. The smallest absolute Gasteiger partial charge is 0.348 e. The molecule has 1 saturated heterocycles. The van der Waals surface area contributed by atoms with E-state index in [9.17, 15) is 4.79 Å². The van der Waals surface area contributed by atoms with Crippen LogP contribution in [0, 0.1) is 0 Å². The van der Waals surface area contributed by atoms with Crippen LogP contribution in [0.1, 0.15) is 22.5 Å². The van der Waals surface area contributed by atoms with Crippen molar-refractivity contribution >= 4 is 17.3 Å². The number of ether oxygens (including phenoxy) is 1. The second-order valence-corrected chi connectivity index (χ2v) is 4.28. The molecule has 1 aromatic heterocycles. The Morgan fingerprint density at radius 3 is 2.93 bits per heavy atom. The van der Waals surface area contributed by atoms with Gasteiger partial charge in [0, 0.05) is 0 Å². The molecule has 0 aliphatic carbocycles. The van der Waals surface area contributed by atoms with Gasteiger partial charge < -0.3 is 10.1 Å². The lowest BCUT2D eigenvalue weighted by atomic mass is 10.1. The highest BCUT2D eigenvalue weighted by Gasteiger charge is 2.18. The zero-order chi connectivity index (χ0) is 9.80. The van der Waals surface area contributed by atoms with Crippen LogP contribution < -0.4 is 5.32 Å². The van der Waals surface area contributed by atoms with Crippen molar-refractivity contribution in [3.8, 4) is 0 Å². The predicted molar refractivity (Wildman–Crippen MR) is 55.6 cm³/mol. The highest BCUT2D eigenvalue weighted by molar-refractivity contribution is 7.11. The fraction of sp³-hybridized carbons (Fsp3) is 0.500. The quantitative estimate of drug-likeness (QED) is 0.756. The first-order valence-corrected chi connectivity index (χ1v) is 5.69. The number of rotatable bonds is 2. The molecule has 4 heteroatoms. The van der Waals surface area contributed by atoms with E-state index >= 15 is 0 Å². The second-order valence-electron chi connectivity index (χ2n) is 3.33. The van der Waals surface area contributed by atoms with Crippen LogP contribution >= 0.6 is 11.3 Å². The summed E-state index contributed by atoms with van der Waals surface area (Å²) in [7, 11) is 0. The summed E-state index contributed by atoms with van der Waals surface area (Å²) >= 11 is 1.43. The van der Waals surface area contributed by atoms with E-state index < -0.39 is 0 Å². The molecule has 0 bridgehead atoms. The normalized spacial score (nSPS) is 18.0. The van der Waals surface area contributed by atoms with Crippen molar-refractivity contribution in [1.29, 1.82) is 0 Å². The molecule has 0 radical (unpaired) electrons. The number of thiophene rings is 1. The minimum absolute atomic E-state index is 0.103. The van der Waals surface area contributed by atoms with E-state index in [1.807, 2.05) is 11.4 Å². The van der Waals surface area contributed by atoms with Crippen LogP contribution in [-0.2, 0) is 4.74 Å². The maximum absolute atomic E-state index is 11.5. The maximum atomic E-state index is 11.5. The van der Waals surface area contributed by atoms with Gasteiger partial charge in [-0.3, -0.25) is 0 Å². The third-order valence-corrected chi connectivity index (χ3v) is 3.13. The Labute approximate surface area is 87.1 Å². The van der Waals surface area contributed by atoms with Crippen molar-refractivity contribution in [3.05, 3.63) is 22.4 Å². The molecule has 2 rings (SSSR count). The van der Waals surface area contributed by atoms with Gasteiger partial charge in [-0.15, -0.1) is 11.3 Å². The zero-order valence-corrected chi connectivity index (χ0v) is 8.68. The standard InChI is InChI=1S/C10H13NO2S/c12-10(9-2-1-7-14-9)13-8-3-5-11-6-4-8/h1-2,7-8,11H,3-6H2. The van der Waals surface area contributed by atoms with Gasteiger partial charge in [0.2, 0.25) is 0 Å². The molecule has 0 unspecified atom stereocenters. The summed E-state index contributed by atoms with van der Waals surface area (Å²) in [6, 6.07) is 3.66. The van der Waals surface area contributed by atoms with Gasteiger partial charge in [0.15, 0.2) is 0 Å². The summed E-state index contributed by atoms with van der Waals surface area (Å²) in [6.07, 6.45) is 1.96. The molecular formula is C10H13NO2S. The van der Waals surface area contributed by atoms with Gasteiger partial charge in [0.25, 0.3) is 0 Å². The lowest BCUT2D eigenvalue weighted by Crippen LogP contribution is -2.33. The monoisotopic (exact) mass is 211 g/mol. The van der Waals surface area contributed by atoms with Gasteiger partial charge in [-0.1, -0.05) is 6.07 Å². The molecule has 1 aliphatic rings. The fourth-order valence-corrected chi connectivity index (χ4v) is 2.12. The van der Waals surface area contributed by atoms with Gasteiger partial charge >= 0.3 is 5.97 Å². The minimum atomic E-state index is -0.174. The molecule has 1 aliphatic heterocycles. The molecule has 1 fully saturated rings. The minimum Gasteiger partial charge on any atom is -0.458 e. The van der Waals surface area contributed by atoms with Crippen LogP contribution in [-0.4, -0.2) is 25.2 Å². The van der Waals surface area contributed by atoms with Crippen molar-refractivity contribution in [3.63, 3.8) is 0 Å². The third kappa shape index (κ3) is 2.33. The van der Waals surface area contributed by atoms with Crippen LogP contribution in [0.2, 0.25) is 0 Å². The molecular weight excluding hydrogens is 198 g/mol. The highest BCUT2D eigenvalue weighted by Crippen LogP contribution is 2.14. The number of carbonyl (C=O) groups excluding carboxylic acids is 1. The average Bonchev–Trinajstić information content (AvgIpc) is 2.72. The summed E-state index contributed by atoms with van der Waals surface area (Å²) in [5.74, 6) is -0.174. The first kappa shape index (κ1) is 9.68. The molecule has 76 valence electrons. The number of nitrogens with one attached hydrogen (secondary N) is 1. The summed E-state index contributed by atoms with van der Waals surface area (Å²) < 4.78 is 5.37. The zero-order valence-electron chi connectivity index (χ0n) is 7.86. The molecule has 0 aromatic carbocycles. The van der Waals surface area contributed by atoms with E-state index in [1.165, 1.54) is 11.3 Å². The molecule has 3 nitrogen and oxygen atoms in total. The Hall–Kier alpha value is -0.870. The summed E-state index contributed by atoms with van der Waals surface area (Å²) in [5.41, 5.74) is 0. The topological polar surface area (TPSA) is 38.3 Å². The molecule has 0 amide bonds. The first-order valence-electron chi connectivity index (χ1n) is 4.81. The largest absolute Gasteiger partial charge is 0.458 e. The number of hydrogen-bond donors (Lipinski definition) is 1. The average molecular weight is 211 g/mol. The third-order valence-electron chi connectivity index (χ3n) is 2.28. The van der Waals surface area contributed by atoms with E-state index in [0.29, 0.717) is 4.88 Å². The van der Waals surface area contributed by atoms with Crippen LogP contribution in [0.3, 0.4) is 0 Å². The molecule has 2 heterocycles. The van der Waals surface area contributed by atoms with E-state index in [4.69, 9.17) is 4.74 Å². The number of esters is 1. The van der Waals surface area contributed by atoms with Crippen molar-refractivity contribution in [2.75, 3.05) is 13.1 Å². The van der Waals surface area contributed by atoms with Crippen LogP contribution in [0.25, 0.3) is 0 Å². The summed E-state index contributed by atoms with van der Waals surface area (Å²) in [6.45, 7) is 1.89. The van der Waals surface area contributed by atoms with Crippen molar-refractivity contribution in [2.45, 2.75) is 18.9 Å². The Kier molecular flexibility index (Phi) is 3.16. The molecule has 0 atom stereocenters. The first-order chi connectivity index (χ1) is 6.86. The van der Waals surface area contributed by atoms with Crippen molar-refractivity contribution in [2.24, 2.45) is 0 Å². The van der Waals surface area contributed by atoms with Gasteiger partial charge in [0.05, 0.1) is 0 Å². The van der Waals surface area contributed by atoms with E-state index in [1.54, 1.807) is 6.07 Å². The van der Waals surface area contributed by atoms with Crippen LogP contribution in [0.4, 0.5) is 0 Å². The van der Waals surface area contributed by atoms with Gasteiger partial charge in [0.1, 0.15) is 11.0 Å². The Bertz CT molecular complexity index is 291. The maximum Gasteiger partial charge on any atom is 0.348 e. The fourth-order valence-electron chi connectivity index (χ4n) is 1.52. The SMILES string of the molecule is O=C(OC1CCNCC1)c1cccs1. The van der Waals surface area contributed by atoms with E-state index in [0.717, 1.165) is 25.9 Å². The Morgan fingerprint density at radius 2 is 2.29 bits per heavy atom. The van der Waals surface area contributed by atoms with Crippen molar-refractivity contribution < 1.29 is 9.53 Å². The number of piperidine rings is 1. The lowest BCUT2D eigenvalue weighted by Gasteiger charge is -2.22. The highest BCUT2D eigenvalue weighted by atomic mass is 32.1. The molecule has 1 N–H and O–H groups in total. The summed E-state index contributed by atoms with van der Waals surface area (Å²) in [4.78, 5) is 12.2. The number of hydrogen-bond acceptors (Lipinski definition) is 4. The molecule has 0 saturated carbocycles. The van der Waals surface area contributed by atoms with Gasteiger partial charge in [-0.05, 0) is 37.4 Å². The summed E-state index contributed by atoms with van der Waals surface area (Å²) in [5, 5.41) is 5.12. The Morgan fingerprint density at radius 1 is 1.50 bits per heavy atom. The van der Waals surface area contributed by atoms with Crippen LogP contribution in [0.5, 0.6) is 0 Å². The molecule has 0 spiro atoms. The van der Waals surface area contributed by atoms with E-state index in [2.05, 4.69) is 5.32 Å². The molecule has 14 heavy (non-hydrogen) atoms.